The molecule has 0 saturated carbocycles. The van der Waals surface area contributed by atoms with Gasteiger partial charge in [-0.3, -0.25) is 9.59 Å². The molecule has 190 valence electrons. The molecule has 0 unspecified atom stereocenters. The highest BCUT2D eigenvalue weighted by Gasteiger charge is 2.21. The Bertz CT molecular complexity index is 1120. The van der Waals surface area contributed by atoms with Crippen molar-refractivity contribution in [2.24, 2.45) is 0 Å². The van der Waals surface area contributed by atoms with Gasteiger partial charge in [-0.05, 0) is 60.5 Å². The smallest absolute Gasteiger partial charge is 0.253 e. The molecule has 0 spiro atoms. The summed E-state index contributed by atoms with van der Waals surface area (Å²) in [7, 11) is 4.63. The normalized spacial score (nSPS) is 10.5. The molecule has 0 aromatic heterocycles. The van der Waals surface area contributed by atoms with Crippen molar-refractivity contribution in [3.8, 4) is 23.0 Å². The molecule has 3 aromatic carbocycles. The molecule has 2 N–H and O–H groups in total. The maximum atomic E-state index is 13.1. The zero-order valence-corrected chi connectivity index (χ0v) is 21.0. The molecule has 8 nitrogen and oxygen atoms in total. The quantitative estimate of drug-likeness (QED) is 0.280. The van der Waals surface area contributed by atoms with Gasteiger partial charge < -0.3 is 29.6 Å². The topological polar surface area (TPSA) is 95.1 Å². The number of rotatable bonds is 12. The van der Waals surface area contributed by atoms with Gasteiger partial charge in [0.15, 0.2) is 11.5 Å². The Labute approximate surface area is 211 Å². The fraction of sp³-hybridized carbons (Fsp3) is 0.286. The molecule has 0 radical (unpaired) electrons. The van der Waals surface area contributed by atoms with Crippen LogP contribution in [-0.2, 0) is 0 Å². The van der Waals surface area contributed by atoms with Gasteiger partial charge in [-0.15, -0.1) is 0 Å². The summed E-state index contributed by atoms with van der Waals surface area (Å²) in [6.07, 6.45) is 1.01. The molecule has 36 heavy (non-hydrogen) atoms. The van der Waals surface area contributed by atoms with Crippen molar-refractivity contribution in [3.63, 3.8) is 0 Å². The molecule has 0 aliphatic heterocycles. The molecule has 0 saturated heterocycles. The minimum atomic E-state index is -0.859. The van der Waals surface area contributed by atoms with Gasteiger partial charge in [0.05, 0.1) is 27.9 Å². The predicted octanol–water partition coefficient (Wildman–Crippen LogP) is 4.75. The van der Waals surface area contributed by atoms with Crippen LogP contribution in [0.3, 0.4) is 0 Å². The van der Waals surface area contributed by atoms with E-state index in [-0.39, 0.29) is 11.8 Å². The minimum Gasteiger partial charge on any atom is -0.497 e. The van der Waals surface area contributed by atoms with E-state index >= 15 is 0 Å². The average Bonchev–Trinajstić information content (AvgIpc) is 2.92. The fourth-order valence-electron chi connectivity index (χ4n) is 3.47. The third-order valence-corrected chi connectivity index (χ3v) is 5.49. The SMILES string of the molecule is CCCCOc1cc(C(NC(=O)c2cccc(OC)c2)NC(=O)c2cccc(OC)c2)ccc1OC. The van der Waals surface area contributed by atoms with Crippen molar-refractivity contribution < 1.29 is 28.5 Å². The summed E-state index contributed by atoms with van der Waals surface area (Å²) in [6.45, 7) is 2.60. The molecule has 0 aliphatic rings. The number of ether oxygens (including phenoxy) is 4. The molecule has 0 bridgehead atoms. The Morgan fingerprint density at radius 2 is 1.33 bits per heavy atom. The van der Waals surface area contributed by atoms with Crippen LogP contribution in [0.15, 0.2) is 66.7 Å². The first-order chi connectivity index (χ1) is 17.5. The van der Waals surface area contributed by atoms with Crippen molar-refractivity contribution >= 4 is 11.8 Å². The highest BCUT2D eigenvalue weighted by Crippen LogP contribution is 2.30. The van der Waals surface area contributed by atoms with Crippen LogP contribution in [0.2, 0.25) is 0 Å². The van der Waals surface area contributed by atoms with Gasteiger partial charge in [0.2, 0.25) is 0 Å². The zero-order chi connectivity index (χ0) is 25.9. The van der Waals surface area contributed by atoms with E-state index in [1.54, 1.807) is 73.8 Å². The van der Waals surface area contributed by atoms with E-state index in [1.165, 1.54) is 14.2 Å². The van der Waals surface area contributed by atoms with Crippen LogP contribution in [0.5, 0.6) is 23.0 Å². The van der Waals surface area contributed by atoms with E-state index < -0.39 is 6.17 Å². The summed E-state index contributed by atoms with van der Waals surface area (Å²) in [5, 5.41) is 5.82. The van der Waals surface area contributed by atoms with Gasteiger partial charge >= 0.3 is 0 Å². The van der Waals surface area contributed by atoms with Crippen LogP contribution in [0.4, 0.5) is 0 Å². The molecule has 0 atom stereocenters. The Morgan fingerprint density at radius 1 is 0.750 bits per heavy atom. The van der Waals surface area contributed by atoms with E-state index in [0.29, 0.717) is 46.3 Å². The van der Waals surface area contributed by atoms with Gasteiger partial charge in [-0.25, -0.2) is 0 Å². The predicted molar refractivity (Wildman–Crippen MR) is 137 cm³/mol. The molecule has 0 heterocycles. The number of hydrogen-bond donors (Lipinski definition) is 2. The van der Waals surface area contributed by atoms with Gasteiger partial charge in [0.25, 0.3) is 11.8 Å². The first-order valence-corrected chi connectivity index (χ1v) is 11.7. The molecule has 3 rings (SSSR count). The largest absolute Gasteiger partial charge is 0.497 e. The highest BCUT2D eigenvalue weighted by atomic mass is 16.5. The average molecular weight is 493 g/mol. The monoisotopic (exact) mass is 492 g/mol. The number of carbonyl (C=O) groups excluding carboxylic acids is 2. The fourth-order valence-corrected chi connectivity index (χ4v) is 3.47. The second-order valence-electron chi connectivity index (χ2n) is 7.96. The summed E-state index contributed by atoms with van der Waals surface area (Å²) in [5.41, 5.74) is 1.40. The number of carbonyl (C=O) groups is 2. The highest BCUT2D eigenvalue weighted by molar-refractivity contribution is 5.97. The van der Waals surface area contributed by atoms with Crippen molar-refractivity contribution in [3.05, 3.63) is 83.4 Å². The summed E-state index contributed by atoms with van der Waals surface area (Å²) in [4.78, 5) is 26.3. The maximum Gasteiger partial charge on any atom is 0.253 e. The number of unbranched alkanes of at least 4 members (excludes halogenated alkanes) is 1. The molecule has 2 amide bonds. The first-order valence-electron chi connectivity index (χ1n) is 11.7. The maximum absolute atomic E-state index is 13.1. The third-order valence-electron chi connectivity index (χ3n) is 5.49. The summed E-state index contributed by atoms with van der Waals surface area (Å²) in [5.74, 6) is 1.43. The van der Waals surface area contributed by atoms with Crippen LogP contribution < -0.4 is 29.6 Å². The number of amides is 2. The Morgan fingerprint density at radius 3 is 1.83 bits per heavy atom. The standard InChI is InChI=1S/C28H32N2O6/c1-5-6-15-36-25-18-19(13-14-24(25)35-4)26(29-27(31)20-9-7-11-22(16-20)33-2)30-28(32)21-10-8-12-23(17-21)34-3/h7-14,16-18,26H,5-6,15H2,1-4H3,(H,29,31)(H,30,32). The van der Waals surface area contributed by atoms with Crippen molar-refractivity contribution in [1.82, 2.24) is 10.6 Å². The lowest BCUT2D eigenvalue weighted by atomic mass is 10.1. The summed E-state index contributed by atoms with van der Waals surface area (Å²) >= 11 is 0. The summed E-state index contributed by atoms with van der Waals surface area (Å²) < 4.78 is 21.8. The lowest BCUT2D eigenvalue weighted by Crippen LogP contribution is -2.41. The lowest BCUT2D eigenvalue weighted by molar-refractivity contribution is 0.0882. The lowest BCUT2D eigenvalue weighted by Gasteiger charge is -2.22. The first kappa shape index (κ1) is 26.4. The third kappa shape index (κ3) is 6.91. The van der Waals surface area contributed by atoms with Gasteiger partial charge in [0.1, 0.15) is 17.7 Å². The molecular weight excluding hydrogens is 460 g/mol. The van der Waals surface area contributed by atoms with Crippen LogP contribution in [0.25, 0.3) is 0 Å². The number of methoxy groups -OCH3 is 3. The Kier molecular flexibility index (Phi) is 9.56. The molecule has 8 heteroatoms. The van der Waals surface area contributed by atoms with E-state index in [2.05, 4.69) is 17.6 Å². The molecular formula is C28H32N2O6. The summed E-state index contributed by atoms with van der Waals surface area (Å²) in [6, 6.07) is 18.8. The Balaban J connectivity index is 1.93. The van der Waals surface area contributed by atoms with Crippen molar-refractivity contribution in [2.45, 2.75) is 25.9 Å². The second-order valence-corrected chi connectivity index (χ2v) is 7.96. The Hall–Kier alpha value is -4.20. The van der Waals surface area contributed by atoms with E-state index in [9.17, 15) is 9.59 Å². The van der Waals surface area contributed by atoms with Crippen molar-refractivity contribution in [2.75, 3.05) is 27.9 Å². The second kappa shape index (κ2) is 13.0. The van der Waals surface area contributed by atoms with Crippen LogP contribution in [0.1, 0.15) is 52.2 Å². The minimum absolute atomic E-state index is 0.380. The van der Waals surface area contributed by atoms with Crippen molar-refractivity contribution in [1.29, 1.82) is 0 Å². The van der Waals surface area contributed by atoms with Gasteiger partial charge in [-0.2, -0.15) is 0 Å². The molecule has 0 fully saturated rings. The number of benzene rings is 3. The molecule has 0 aliphatic carbocycles. The number of hydrogen-bond acceptors (Lipinski definition) is 6. The zero-order valence-electron chi connectivity index (χ0n) is 21.0. The van der Waals surface area contributed by atoms with Gasteiger partial charge in [0, 0.05) is 11.1 Å². The van der Waals surface area contributed by atoms with Crippen LogP contribution >= 0.6 is 0 Å². The van der Waals surface area contributed by atoms with E-state index in [1.807, 2.05) is 0 Å². The van der Waals surface area contributed by atoms with Gasteiger partial charge in [-0.1, -0.05) is 31.5 Å². The van der Waals surface area contributed by atoms with E-state index in [4.69, 9.17) is 18.9 Å². The van der Waals surface area contributed by atoms with E-state index in [0.717, 1.165) is 12.8 Å². The molecule has 3 aromatic rings. The number of nitrogens with one attached hydrogen (secondary N) is 2. The van der Waals surface area contributed by atoms with Crippen LogP contribution in [0, 0.1) is 0 Å². The van der Waals surface area contributed by atoms with Crippen LogP contribution in [-0.4, -0.2) is 39.8 Å².